The van der Waals surface area contributed by atoms with Crippen molar-refractivity contribution in [1.29, 1.82) is 0 Å². The number of aliphatic hydroxyl groups excluding tert-OH is 2. The van der Waals surface area contributed by atoms with Gasteiger partial charge < -0.3 is 10.2 Å². The summed E-state index contributed by atoms with van der Waals surface area (Å²) in [5.74, 6) is 2.65. The Morgan fingerprint density at radius 2 is 2.04 bits per heavy atom. The van der Waals surface area contributed by atoms with Crippen LogP contribution in [0.15, 0.2) is 24.3 Å². The lowest BCUT2D eigenvalue weighted by Crippen LogP contribution is -2.45. The molecule has 0 spiro atoms. The predicted molar refractivity (Wildman–Crippen MR) is 92.3 cm³/mol. The zero-order chi connectivity index (χ0) is 16.0. The fourth-order valence-electron chi connectivity index (χ4n) is 6.43. The maximum absolute atomic E-state index is 10.8. The number of aryl methyl sites for hydroxylation is 1. The van der Waals surface area contributed by atoms with Crippen LogP contribution in [0.3, 0.4) is 0 Å². The normalized spacial score (nSPS) is 42.0. The average Bonchev–Trinajstić information content (AvgIpc) is 2.83. The minimum atomic E-state index is -0.144. The Hall–Kier alpha value is -0.860. The standard InChI is InChI=1S/C21H30O2/c1-21-11-10-17-16-7-3-2-5-14(16)8-9-18(17)20(21)15(6-4-12-22)13-19(21)23/h2-3,5,7,15,17-20,22-23H,4,6,8-13H2,1H3/t15-,17?,18?,19?,20?,21-/m1/s1. The fourth-order valence-corrected chi connectivity index (χ4v) is 6.43. The lowest BCUT2D eigenvalue weighted by Gasteiger charge is -2.51. The van der Waals surface area contributed by atoms with E-state index in [4.69, 9.17) is 0 Å². The molecular weight excluding hydrogens is 284 g/mol. The Balaban J connectivity index is 1.67. The number of benzene rings is 1. The minimum Gasteiger partial charge on any atom is -0.396 e. The van der Waals surface area contributed by atoms with Gasteiger partial charge in [-0.05, 0) is 85.2 Å². The lowest BCUT2D eigenvalue weighted by atomic mass is 9.54. The molecule has 6 atom stereocenters. The van der Waals surface area contributed by atoms with Crippen molar-refractivity contribution in [3.8, 4) is 0 Å². The van der Waals surface area contributed by atoms with Crippen molar-refractivity contribution in [2.45, 2.75) is 63.9 Å². The third kappa shape index (κ3) is 2.37. The molecule has 0 aromatic heterocycles. The van der Waals surface area contributed by atoms with E-state index in [0.29, 0.717) is 17.8 Å². The van der Waals surface area contributed by atoms with E-state index in [9.17, 15) is 10.2 Å². The summed E-state index contributed by atoms with van der Waals surface area (Å²) in [5, 5.41) is 20.0. The van der Waals surface area contributed by atoms with Crippen LogP contribution in [0.1, 0.15) is 62.5 Å². The number of rotatable bonds is 3. The first-order chi connectivity index (χ1) is 11.1. The van der Waals surface area contributed by atoms with E-state index in [2.05, 4.69) is 31.2 Å². The monoisotopic (exact) mass is 314 g/mol. The van der Waals surface area contributed by atoms with Crippen LogP contribution in [0.2, 0.25) is 0 Å². The topological polar surface area (TPSA) is 40.5 Å². The number of fused-ring (bicyclic) bond motifs is 5. The molecule has 1 aromatic rings. The van der Waals surface area contributed by atoms with Crippen molar-refractivity contribution in [1.82, 2.24) is 0 Å². The highest BCUT2D eigenvalue weighted by molar-refractivity contribution is 5.35. The molecule has 2 N–H and O–H groups in total. The Morgan fingerprint density at radius 3 is 2.87 bits per heavy atom. The molecule has 4 rings (SSSR count). The van der Waals surface area contributed by atoms with E-state index in [0.717, 1.165) is 31.6 Å². The second-order valence-corrected chi connectivity index (χ2v) is 8.46. The number of hydrogen-bond acceptors (Lipinski definition) is 2. The Kier molecular flexibility index (Phi) is 4.01. The van der Waals surface area contributed by atoms with Crippen LogP contribution >= 0.6 is 0 Å². The highest BCUT2D eigenvalue weighted by atomic mass is 16.3. The molecule has 3 aliphatic carbocycles. The molecule has 4 unspecified atom stereocenters. The fraction of sp³-hybridized carbons (Fsp3) is 0.714. The summed E-state index contributed by atoms with van der Waals surface area (Å²) in [6.07, 6.45) is 7.65. The van der Waals surface area contributed by atoms with Gasteiger partial charge in [0.2, 0.25) is 0 Å². The highest BCUT2D eigenvalue weighted by Gasteiger charge is 2.57. The van der Waals surface area contributed by atoms with E-state index in [1.807, 2.05) is 0 Å². The van der Waals surface area contributed by atoms with Gasteiger partial charge >= 0.3 is 0 Å². The van der Waals surface area contributed by atoms with E-state index < -0.39 is 0 Å². The van der Waals surface area contributed by atoms with Gasteiger partial charge in [0.05, 0.1) is 6.10 Å². The summed E-state index contributed by atoms with van der Waals surface area (Å²) in [7, 11) is 0. The van der Waals surface area contributed by atoms with Crippen LogP contribution in [-0.4, -0.2) is 22.9 Å². The van der Waals surface area contributed by atoms with Gasteiger partial charge in [-0.1, -0.05) is 31.2 Å². The first-order valence-corrected chi connectivity index (χ1v) is 9.52. The summed E-state index contributed by atoms with van der Waals surface area (Å²) in [4.78, 5) is 0. The molecule has 0 amide bonds. The van der Waals surface area contributed by atoms with Gasteiger partial charge in [-0.25, -0.2) is 0 Å². The highest BCUT2D eigenvalue weighted by Crippen LogP contribution is 2.63. The number of aliphatic hydroxyl groups is 2. The molecule has 2 heteroatoms. The van der Waals surface area contributed by atoms with Crippen LogP contribution in [0.25, 0.3) is 0 Å². The zero-order valence-electron chi connectivity index (χ0n) is 14.2. The third-order valence-electron chi connectivity index (χ3n) is 7.46. The van der Waals surface area contributed by atoms with Crippen molar-refractivity contribution < 1.29 is 10.2 Å². The molecule has 2 saturated carbocycles. The van der Waals surface area contributed by atoms with Gasteiger partial charge in [0.15, 0.2) is 0 Å². The molecule has 0 saturated heterocycles. The van der Waals surface area contributed by atoms with Crippen LogP contribution in [0, 0.1) is 23.2 Å². The molecule has 126 valence electrons. The van der Waals surface area contributed by atoms with Crippen molar-refractivity contribution in [2.75, 3.05) is 6.61 Å². The molecule has 3 aliphatic rings. The van der Waals surface area contributed by atoms with Crippen molar-refractivity contribution in [3.05, 3.63) is 35.4 Å². The van der Waals surface area contributed by atoms with Crippen LogP contribution in [-0.2, 0) is 6.42 Å². The van der Waals surface area contributed by atoms with Crippen molar-refractivity contribution >= 4 is 0 Å². The van der Waals surface area contributed by atoms with Gasteiger partial charge in [-0.2, -0.15) is 0 Å². The molecule has 0 aliphatic heterocycles. The average molecular weight is 314 g/mol. The minimum absolute atomic E-state index is 0.105. The van der Waals surface area contributed by atoms with E-state index in [1.54, 1.807) is 11.1 Å². The molecule has 23 heavy (non-hydrogen) atoms. The molecule has 1 aromatic carbocycles. The maximum Gasteiger partial charge on any atom is 0.0599 e. The Morgan fingerprint density at radius 1 is 1.22 bits per heavy atom. The predicted octanol–water partition coefficient (Wildman–Crippen LogP) is 3.90. The second kappa shape index (κ2) is 5.89. The Labute approximate surface area is 139 Å². The summed E-state index contributed by atoms with van der Waals surface area (Å²) in [6, 6.07) is 9.03. The second-order valence-electron chi connectivity index (χ2n) is 8.46. The molecule has 2 fully saturated rings. The van der Waals surface area contributed by atoms with Crippen LogP contribution < -0.4 is 0 Å². The Bertz CT molecular complexity index is 569. The molecule has 0 bridgehead atoms. The van der Waals surface area contributed by atoms with Gasteiger partial charge in [0, 0.05) is 6.61 Å². The first kappa shape index (κ1) is 15.7. The molecule has 0 radical (unpaired) electrons. The van der Waals surface area contributed by atoms with Crippen LogP contribution in [0.5, 0.6) is 0 Å². The smallest absolute Gasteiger partial charge is 0.0599 e. The van der Waals surface area contributed by atoms with E-state index in [-0.39, 0.29) is 18.1 Å². The van der Waals surface area contributed by atoms with E-state index >= 15 is 0 Å². The first-order valence-electron chi connectivity index (χ1n) is 9.52. The van der Waals surface area contributed by atoms with Gasteiger partial charge in [-0.15, -0.1) is 0 Å². The zero-order valence-corrected chi connectivity index (χ0v) is 14.2. The van der Waals surface area contributed by atoms with Gasteiger partial charge in [0.25, 0.3) is 0 Å². The van der Waals surface area contributed by atoms with Gasteiger partial charge in [-0.3, -0.25) is 0 Å². The van der Waals surface area contributed by atoms with Gasteiger partial charge in [0.1, 0.15) is 0 Å². The van der Waals surface area contributed by atoms with E-state index in [1.165, 1.54) is 19.3 Å². The quantitative estimate of drug-likeness (QED) is 0.888. The molecule has 2 nitrogen and oxygen atoms in total. The largest absolute Gasteiger partial charge is 0.396 e. The number of hydrogen-bond donors (Lipinski definition) is 2. The van der Waals surface area contributed by atoms with Crippen molar-refractivity contribution in [3.63, 3.8) is 0 Å². The molecular formula is C21H30O2. The third-order valence-corrected chi connectivity index (χ3v) is 7.46. The van der Waals surface area contributed by atoms with Crippen molar-refractivity contribution in [2.24, 2.45) is 23.2 Å². The summed E-state index contributed by atoms with van der Waals surface area (Å²) < 4.78 is 0. The maximum atomic E-state index is 10.8. The SMILES string of the molecule is C[C@]12CCC3c4ccccc4CCC3C1[C@H](CCCO)CC2O. The summed E-state index contributed by atoms with van der Waals surface area (Å²) >= 11 is 0. The summed E-state index contributed by atoms with van der Waals surface area (Å²) in [5.41, 5.74) is 3.25. The van der Waals surface area contributed by atoms with Crippen LogP contribution in [0.4, 0.5) is 0 Å². The summed E-state index contributed by atoms with van der Waals surface area (Å²) in [6.45, 7) is 2.63. The lowest BCUT2D eigenvalue weighted by molar-refractivity contribution is -0.0307. The molecule has 0 heterocycles.